The zero-order valence-corrected chi connectivity index (χ0v) is 21.9. The highest BCUT2D eigenvalue weighted by atomic mass is 16.6. The van der Waals surface area contributed by atoms with Gasteiger partial charge in [0.1, 0.15) is 0 Å². The Balaban J connectivity index is 0.000000220. The Labute approximate surface area is 231 Å². The number of carbonyl (C=O) groups excluding carboxylic acids is 2. The summed E-state index contributed by atoms with van der Waals surface area (Å²) >= 11 is 0. The molecular formula is C32H26N2O6. The van der Waals surface area contributed by atoms with Crippen LogP contribution in [0, 0.1) is 34.1 Å². The van der Waals surface area contributed by atoms with Crippen LogP contribution in [0.15, 0.2) is 109 Å². The average molecular weight is 535 g/mol. The number of rotatable bonds is 8. The maximum atomic E-state index is 11.9. The summed E-state index contributed by atoms with van der Waals surface area (Å²) in [5, 5.41) is 21.0. The highest BCUT2D eigenvalue weighted by molar-refractivity contribution is 6.07. The summed E-state index contributed by atoms with van der Waals surface area (Å²) in [4.78, 5) is 44.0. The van der Waals surface area contributed by atoms with Crippen LogP contribution in [0.25, 0.3) is 12.2 Å². The van der Waals surface area contributed by atoms with Crippen molar-refractivity contribution in [2.24, 2.45) is 0 Å². The Morgan fingerprint density at radius 1 is 0.525 bits per heavy atom. The number of benzene rings is 4. The lowest BCUT2D eigenvalue weighted by Crippen LogP contribution is -1.93. The van der Waals surface area contributed by atoms with Gasteiger partial charge in [0, 0.05) is 35.4 Å². The third-order valence-electron chi connectivity index (χ3n) is 5.73. The van der Waals surface area contributed by atoms with Gasteiger partial charge in [-0.15, -0.1) is 0 Å². The van der Waals surface area contributed by atoms with Crippen molar-refractivity contribution < 1.29 is 19.4 Å². The van der Waals surface area contributed by atoms with Gasteiger partial charge in [-0.1, -0.05) is 71.8 Å². The lowest BCUT2D eigenvalue weighted by atomic mass is 10.1. The van der Waals surface area contributed by atoms with Crippen LogP contribution in [0.2, 0.25) is 0 Å². The van der Waals surface area contributed by atoms with E-state index in [1.807, 2.05) is 38.1 Å². The van der Waals surface area contributed by atoms with Crippen molar-refractivity contribution in [1.82, 2.24) is 0 Å². The molecule has 0 aliphatic heterocycles. The first-order valence-corrected chi connectivity index (χ1v) is 12.2. The van der Waals surface area contributed by atoms with Gasteiger partial charge >= 0.3 is 0 Å². The first-order chi connectivity index (χ1) is 19.1. The maximum absolute atomic E-state index is 11.9. The Kier molecular flexibility index (Phi) is 10.1. The number of hydrogen-bond donors (Lipinski definition) is 0. The molecule has 0 atom stereocenters. The molecule has 0 radical (unpaired) electrons. The van der Waals surface area contributed by atoms with E-state index in [-0.39, 0.29) is 22.9 Å². The van der Waals surface area contributed by atoms with Crippen LogP contribution in [0.1, 0.15) is 43.0 Å². The molecule has 0 N–H and O–H groups in total. The molecule has 8 heteroatoms. The second-order valence-electron chi connectivity index (χ2n) is 8.82. The quantitative estimate of drug-likeness (QED) is 0.0993. The molecule has 40 heavy (non-hydrogen) atoms. The number of carbonyl (C=O) groups is 2. The van der Waals surface area contributed by atoms with Gasteiger partial charge in [0.25, 0.3) is 11.4 Å². The normalized spacial score (nSPS) is 10.7. The lowest BCUT2D eigenvalue weighted by molar-refractivity contribution is -0.385. The first kappa shape index (κ1) is 29.1. The summed E-state index contributed by atoms with van der Waals surface area (Å²) in [5.74, 6) is -0.188. The van der Waals surface area contributed by atoms with E-state index in [0.717, 1.165) is 22.3 Å². The van der Waals surface area contributed by atoms with Crippen molar-refractivity contribution >= 4 is 35.1 Å². The van der Waals surface area contributed by atoms with Gasteiger partial charge in [0.2, 0.25) is 0 Å². The molecule has 0 saturated heterocycles. The molecule has 0 bridgehead atoms. The molecule has 8 nitrogen and oxygen atoms in total. The number of allylic oxidation sites excluding steroid dienone is 2. The highest BCUT2D eigenvalue weighted by Gasteiger charge is 2.05. The molecule has 4 aromatic rings. The standard InChI is InChI=1S/2C16H13NO3/c2*1-12-2-7-14(8-3-12)16(18)11-6-13-4-9-15(10-5-13)17(19)20/h2*2-11H,1H3/b2*11-6+. The number of aryl methyl sites for hydroxylation is 2. The first-order valence-electron chi connectivity index (χ1n) is 12.2. The summed E-state index contributed by atoms with van der Waals surface area (Å²) in [5.41, 5.74) is 5.00. The van der Waals surface area contributed by atoms with E-state index in [0.29, 0.717) is 11.1 Å². The predicted molar refractivity (Wildman–Crippen MR) is 155 cm³/mol. The zero-order valence-electron chi connectivity index (χ0n) is 21.9. The SMILES string of the molecule is Cc1ccc(C(=O)/C=C/c2ccc([N+](=O)[O-])cc2)cc1.Cc1ccc(C(=O)/C=C/c2ccc([N+](=O)[O-])cc2)cc1. The number of nitro groups is 2. The monoisotopic (exact) mass is 534 g/mol. The minimum atomic E-state index is -0.453. The third-order valence-corrected chi connectivity index (χ3v) is 5.73. The van der Waals surface area contributed by atoms with Crippen molar-refractivity contribution in [1.29, 1.82) is 0 Å². The number of ketones is 2. The molecule has 4 aromatic carbocycles. The smallest absolute Gasteiger partial charge is 0.269 e. The summed E-state index contributed by atoms with van der Waals surface area (Å²) in [6, 6.07) is 26.7. The molecule has 200 valence electrons. The van der Waals surface area contributed by atoms with Crippen LogP contribution < -0.4 is 0 Å². The van der Waals surface area contributed by atoms with Gasteiger partial charge in [0.15, 0.2) is 11.6 Å². The molecule has 0 spiro atoms. The van der Waals surface area contributed by atoms with Crippen LogP contribution >= 0.6 is 0 Å². The lowest BCUT2D eigenvalue weighted by Gasteiger charge is -1.97. The van der Waals surface area contributed by atoms with Crippen LogP contribution in [0.5, 0.6) is 0 Å². The van der Waals surface area contributed by atoms with Crippen molar-refractivity contribution in [3.63, 3.8) is 0 Å². The predicted octanol–water partition coefficient (Wildman–Crippen LogP) is 7.60. The van der Waals surface area contributed by atoms with Crippen molar-refractivity contribution in [2.75, 3.05) is 0 Å². The van der Waals surface area contributed by atoms with E-state index in [1.165, 1.54) is 36.4 Å². The average Bonchev–Trinajstić information content (AvgIpc) is 2.96. The van der Waals surface area contributed by atoms with Gasteiger partial charge in [-0.3, -0.25) is 29.8 Å². The van der Waals surface area contributed by atoms with Gasteiger partial charge < -0.3 is 0 Å². The minimum Gasteiger partial charge on any atom is -0.289 e. The van der Waals surface area contributed by atoms with E-state index in [1.54, 1.807) is 60.7 Å². The molecule has 0 saturated carbocycles. The molecule has 0 aliphatic carbocycles. The Hall–Kier alpha value is -5.50. The van der Waals surface area contributed by atoms with Crippen LogP contribution in [-0.4, -0.2) is 21.4 Å². The van der Waals surface area contributed by atoms with Gasteiger partial charge in [0.05, 0.1) is 9.85 Å². The topological polar surface area (TPSA) is 120 Å². The number of nitrogens with zero attached hydrogens (tertiary/aromatic N) is 2. The third kappa shape index (κ3) is 8.81. The van der Waals surface area contributed by atoms with Crippen molar-refractivity contribution in [3.05, 3.63) is 163 Å². The summed E-state index contributed by atoms with van der Waals surface area (Å²) in [6.45, 7) is 3.92. The summed E-state index contributed by atoms with van der Waals surface area (Å²) in [6.07, 6.45) is 6.22. The van der Waals surface area contributed by atoms with E-state index in [9.17, 15) is 29.8 Å². The number of nitro benzene ring substituents is 2. The van der Waals surface area contributed by atoms with Gasteiger partial charge in [-0.2, -0.15) is 0 Å². The maximum Gasteiger partial charge on any atom is 0.269 e. The Morgan fingerprint density at radius 2 is 0.825 bits per heavy atom. The summed E-state index contributed by atoms with van der Waals surface area (Å²) < 4.78 is 0. The Morgan fingerprint density at radius 3 is 1.10 bits per heavy atom. The molecular weight excluding hydrogens is 508 g/mol. The van der Waals surface area contributed by atoms with E-state index >= 15 is 0 Å². The summed E-state index contributed by atoms with van der Waals surface area (Å²) in [7, 11) is 0. The van der Waals surface area contributed by atoms with Gasteiger partial charge in [-0.05, 0) is 61.4 Å². The van der Waals surface area contributed by atoms with E-state index in [4.69, 9.17) is 0 Å². The molecule has 0 amide bonds. The molecule has 0 fully saturated rings. The number of hydrogen-bond acceptors (Lipinski definition) is 6. The van der Waals surface area contributed by atoms with Crippen molar-refractivity contribution in [3.8, 4) is 0 Å². The molecule has 0 heterocycles. The van der Waals surface area contributed by atoms with Crippen LogP contribution in [-0.2, 0) is 0 Å². The largest absolute Gasteiger partial charge is 0.289 e. The van der Waals surface area contributed by atoms with Crippen LogP contribution in [0.4, 0.5) is 11.4 Å². The van der Waals surface area contributed by atoms with E-state index in [2.05, 4.69) is 0 Å². The minimum absolute atomic E-state index is 0.0343. The second-order valence-corrected chi connectivity index (χ2v) is 8.82. The Bertz CT molecular complexity index is 1430. The molecule has 0 unspecified atom stereocenters. The number of non-ortho nitro benzene ring substituents is 2. The van der Waals surface area contributed by atoms with Crippen LogP contribution in [0.3, 0.4) is 0 Å². The molecule has 4 rings (SSSR count). The molecule has 0 aliphatic rings. The second kappa shape index (κ2) is 13.9. The zero-order chi connectivity index (χ0) is 29.1. The fraction of sp³-hybridized carbons (Fsp3) is 0.0625. The van der Waals surface area contributed by atoms with E-state index < -0.39 is 9.85 Å². The van der Waals surface area contributed by atoms with Gasteiger partial charge in [-0.25, -0.2) is 0 Å². The fourth-order valence-electron chi connectivity index (χ4n) is 3.39. The fourth-order valence-corrected chi connectivity index (χ4v) is 3.39. The van der Waals surface area contributed by atoms with Crippen molar-refractivity contribution in [2.45, 2.75) is 13.8 Å². The highest BCUT2D eigenvalue weighted by Crippen LogP contribution is 2.15. The molecule has 0 aromatic heterocycles.